The number of benzene rings is 1. The maximum Gasteiger partial charge on any atom is 0.255 e. The average molecular weight is 283 g/mol. The van der Waals surface area contributed by atoms with Crippen molar-refractivity contribution in [3.05, 3.63) is 53.2 Å². The number of nitrogens with two attached hydrogens (primary N) is 1. The summed E-state index contributed by atoms with van der Waals surface area (Å²) in [6.07, 6.45) is 0.979. The van der Waals surface area contributed by atoms with Gasteiger partial charge in [0.25, 0.3) is 5.91 Å². The van der Waals surface area contributed by atoms with E-state index in [9.17, 15) is 4.79 Å². The minimum atomic E-state index is -0.171. The van der Waals surface area contributed by atoms with Crippen LogP contribution in [-0.4, -0.2) is 10.9 Å². The van der Waals surface area contributed by atoms with Gasteiger partial charge in [-0.15, -0.1) is 0 Å². The zero-order chi connectivity index (χ0) is 15.4. The molecule has 0 bridgehead atoms. The van der Waals surface area contributed by atoms with Crippen molar-refractivity contribution in [2.24, 2.45) is 0 Å². The van der Waals surface area contributed by atoms with Crippen LogP contribution in [0.4, 0.5) is 11.5 Å². The van der Waals surface area contributed by atoms with Crippen LogP contribution >= 0.6 is 0 Å². The highest BCUT2D eigenvalue weighted by atomic mass is 16.1. The van der Waals surface area contributed by atoms with Gasteiger partial charge in [0.2, 0.25) is 0 Å². The number of nitrogens with zero attached hydrogens (tertiary/aromatic N) is 1. The third kappa shape index (κ3) is 3.81. The van der Waals surface area contributed by atoms with E-state index in [0.29, 0.717) is 11.4 Å². The van der Waals surface area contributed by atoms with Gasteiger partial charge in [0.05, 0.1) is 0 Å². The van der Waals surface area contributed by atoms with Crippen LogP contribution in [0.5, 0.6) is 0 Å². The van der Waals surface area contributed by atoms with Gasteiger partial charge in [-0.3, -0.25) is 4.79 Å². The fourth-order valence-corrected chi connectivity index (χ4v) is 2.03. The molecule has 4 heteroatoms. The number of nitrogen functional groups attached to an aromatic ring is 1. The molecule has 0 saturated heterocycles. The molecule has 0 aliphatic rings. The van der Waals surface area contributed by atoms with Crippen LogP contribution in [-0.2, 0) is 6.42 Å². The summed E-state index contributed by atoms with van der Waals surface area (Å²) in [6, 6.07) is 11.2. The van der Waals surface area contributed by atoms with Crippen molar-refractivity contribution >= 4 is 17.4 Å². The Kier molecular flexibility index (Phi) is 4.58. The van der Waals surface area contributed by atoms with E-state index in [2.05, 4.69) is 17.2 Å². The van der Waals surface area contributed by atoms with Crippen LogP contribution in [0, 0.1) is 0 Å². The molecule has 1 aromatic carbocycles. The fourth-order valence-electron chi connectivity index (χ4n) is 2.03. The summed E-state index contributed by atoms with van der Waals surface area (Å²) in [4.78, 5) is 16.5. The number of pyridine rings is 1. The Balaban J connectivity index is 2.19. The van der Waals surface area contributed by atoms with Gasteiger partial charge in [-0.25, -0.2) is 4.98 Å². The van der Waals surface area contributed by atoms with Crippen LogP contribution in [0.1, 0.15) is 48.3 Å². The summed E-state index contributed by atoms with van der Waals surface area (Å²) >= 11 is 0. The summed E-state index contributed by atoms with van der Waals surface area (Å²) < 4.78 is 0. The van der Waals surface area contributed by atoms with Crippen LogP contribution in [0.3, 0.4) is 0 Å². The number of amides is 1. The Bertz CT molecular complexity index is 633. The van der Waals surface area contributed by atoms with Crippen molar-refractivity contribution in [1.82, 2.24) is 4.98 Å². The van der Waals surface area contributed by atoms with Gasteiger partial charge >= 0.3 is 0 Å². The maximum absolute atomic E-state index is 12.3. The number of anilines is 2. The van der Waals surface area contributed by atoms with Crippen LogP contribution in [0.2, 0.25) is 0 Å². The molecule has 0 atom stereocenters. The van der Waals surface area contributed by atoms with Crippen LogP contribution in [0.25, 0.3) is 0 Å². The third-order valence-electron chi connectivity index (χ3n) is 3.34. The highest BCUT2D eigenvalue weighted by Crippen LogP contribution is 2.17. The molecule has 0 aliphatic heterocycles. The van der Waals surface area contributed by atoms with Crippen molar-refractivity contribution in [2.75, 3.05) is 11.1 Å². The molecule has 21 heavy (non-hydrogen) atoms. The highest BCUT2D eigenvalue weighted by Gasteiger charge is 2.11. The van der Waals surface area contributed by atoms with Gasteiger partial charge in [-0.1, -0.05) is 32.9 Å². The lowest BCUT2D eigenvalue weighted by Gasteiger charge is -2.10. The molecule has 1 amide bonds. The number of rotatable bonds is 4. The lowest BCUT2D eigenvalue weighted by molar-refractivity contribution is 0.102. The Labute approximate surface area is 125 Å². The molecule has 1 aromatic heterocycles. The molecule has 2 aromatic rings. The van der Waals surface area contributed by atoms with Crippen molar-refractivity contribution < 1.29 is 4.79 Å². The van der Waals surface area contributed by atoms with E-state index >= 15 is 0 Å². The van der Waals surface area contributed by atoms with E-state index in [1.807, 2.05) is 38.1 Å². The van der Waals surface area contributed by atoms with E-state index in [1.54, 1.807) is 12.1 Å². The molecule has 0 spiro atoms. The van der Waals surface area contributed by atoms with Crippen molar-refractivity contribution in [2.45, 2.75) is 33.1 Å². The third-order valence-corrected chi connectivity index (χ3v) is 3.34. The summed E-state index contributed by atoms with van der Waals surface area (Å²) in [6.45, 7) is 6.14. The molecule has 0 aliphatic carbocycles. The second-order valence-electron chi connectivity index (χ2n) is 5.36. The van der Waals surface area contributed by atoms with Crippen molar-refractivity contribution in [3.8, 4) is 0 Å². The molecule has 0 saturated carbocycles. The minimum absolute atomic E-state index is 0.171. The molecule has 0 radical (unpaired) electrons. The monoisotopic (exact) mass is 283 g/mol. The molecule has 4 nitrogen and oxygen atoms in total. The number of aromatic nitrogens is 1. The minimum Gasteiger partial charge on any atom is -0.384 e. The van der Waals surface area contributed by atoms with Crippen LogP contribution in [0.15, 0.2) is 36.4 Å². The predicted molar refractivity (Wildman–Crippen MR) is 86.5 cm³/mol. The number of carbonyl (C=O) groups is 1. The molecule has 0 fully saturated rings. The van der Waals surface area contributed by atoms with E-state index in [1.165, 1.54) is 5.56 Å². The van der Waals surface area contributed by atoms with E-state index in [0.717, 1.165) is 17.8 Å². The lowest BCUT2D eigenvalue weighted by atomic mass is 10.1. The van der Waals surface area contributed by atoms with Crippen molar-refractivity contribution in [3.63, 3.8) is 0 Å². The molecule has 2 rings (SSSR count). The zero-order valence-corrected chi connectivity index (χ0v) is 12.7. The summed E-state index contributed by atoms with van der Waals surface area (Å²) in [7, 11) is 0. The summed E-state index contributed by atoms with van der Waals surface area (Å²) in [5.74, 6) is 0.423. The van der Waals surface area contributed by atoms with Gasteiger partial charge < -0.3 is 11.1 Å². The highest BCUT2D eigenvalue weighted by molar-refractivity contribution is 6.04. The Morgan fingerprint density at radius 3 is 2.48 bits per heavy atom. The maximum atomic E-state index is 12.3. The van der Waals surface area contributed by atoms with Crippen molar-refractivity contribution in [1.29, 1.82) is 0 Å². The first-order valence-corrected chi connectivity index (χ1v) is 7.17. The van der Waals surface area contributed by atoms with Gasteiger partial charge in [-0.05, 0) is 42.2 Å². The largest absolute Gasteiger partial charge is 0.384 e. The molecule has 110 valence electrons. The SMILES string of the molecule is CCc1ccc(NC(=O)c2cc(N)nc(C(C)C)c2)cc1. The van der Waals surface area contributed by atoms with E-state index < -0.39 is 0 Å². The van der Waals surface area contributed by atoms with E-state index in [-0.39, 0.29) is 11.8 Å². The van der Waals surface area contributed by atoms with Gasteiger partial charge in [-0.2, -0.15) is 0 Å². The Morgan fingerprint density at radius 1 is 1.24 bits per heavy atom. The van der Waals surface area contributed by atoms with E-state index in [4.69, 9.17) is 5.73 Å². The number of aryl methyl sites for hydroxylation is 1. The first kappa shape index (κ1) is 15.0. The Morgan fingerprint density at radius 2 is 1.90 bits per heavy atom. The second kappa shape index (κ2) is 6.39. The van der Waals surface area contributed by atoms with Gasteiger partial charge in [0.1, 0.15) is 5.82 Å². The summed E-state index contributed by atoms with van der Waals surface area (Å²) in [5, 5.41) is 2.88. The first-order valence-electron chi connectivity index (χ1n) is 7.17. The molecule has 1 heterocycles. The number of hydrogen-bond donors (Lipinski definition) is 2. The van der Waals surface area contributed by atoms with Gasteiger partial charge in [0.15, 0.2) is 0 Å². The number of nitrogens with one attached hydrogen (secondary N) is 1. The molecular formula is C17H21N3O. The topological polar surface area (TPSA) is 68.0 Å². The normalized spacial score (nSPS) is 10.7. The fraction of sp³-hybridized carbons (Fsp3) is 0.294. The lowest BCUT2D eigenvalue weighted by Crippen LogP contribution is -2.13. The molecular weight excluding hydrogens is 262 g/mol. The molecule has 3 N–H and O–H groups in total. The summed E-state index contributed by atoms with van der Waals surface area (Å²) in [5.41, 5.74) is 9.14. The first-order chi connectivity index (χ1) is 9.99. The van der Waals surface area contributed by atoms with Gasteiger partial charge in [0, 0.05) is 16.9 Å². The number of hydrogen-bond acceptors (Lipinski definition) is 3. The Hall–Kier alpha value is -2.36. The standard InChI is InChI=1S/C17H21N3O/c1-4-12-5-7-14(8-6-12)19-17(21)13-9-15(11(2)3)20-16(18)10-13/h5-11H,4H2,1-3H3,(H2,18,20)(H,19,21). The number of carbonyl (C=O) groups excluding carboxylic acids is 1. The second-order valence-corrected chi connectivity index (χ2v) is 5.36. The smallest absolute Gasteiger partial charge is 0.255 e. The predicted octanol–water partition coefficient (Wildman–Crippen LogP) is 3.60. The zero-order valence-electron chi connectivity index (χ0n) is 12.7. The average Bonchev–Trinajstić information content (AvgIpc) is 2.47. The quantitative estimate of drug-likeness (QED) is 0.900. The molecule has 0 unspecified atom stereocenters. The van der Waals surface area contributed by atoms with Crippen LogP contribution < -0.4 is 11.1 Å².